The van der Waals surface area contributed by atoms with E-state index in [9.17, 15) is 19.2 Å². The number of nitrogens with zero attached hydrogens (tertiary/aromatic N) is 1. The van der Waals surface area contributed by atoms with Gasteiger partial charge in [-0.25, -0.2) is 14.4 Å². The van der Waals surface area contributed by atoms with Crippen LogP contribution < -0.4 is 5.32 Å². The standard InChI is InChI=1S/C28H50N2O8Si/c1-23(2)26(32)37-20-13-16-25(31)15-11-9-8-10-12-18-30(19-14-22-39(7,35-5)36-6)28(34)29-17-21-38-27(33)24(3)4/h1,3,8-22H2,2,4-7H3,(H,29,34). The zero-order valence-electron chi connectivity index (χ0n) is 24.7. The van der Waals surface area contributed by atoms with Crippen molar-refractivity contribution < 1.29 is 37.5 Å². The van der Waals surface area contributed by atoms with Crippen LogP contribution in [-0.4, -0.2) is 84.3 Å². The van der Waals surface area contributed by atoms with Crippen LogP contribution in [0, 0.1) is 0 Å². The lowest BCUT2D eigenvalue weighted by Gasteiger charge is -2.26. The molecule has 0 unspecified atom stereocenters. The maximum absolute atomic E-state index is 12.8. The van der Waals surface area contributed by atoms with Crippen LogP contribution in [0.2, 0.25) is 12.6 Å². The molecule has 0 heterocycles. The molecule has 0 atom stereocenters. The van der Waals surface area contributed by atoms with Crippen LogP contribution in [0.1, 0.15) is 71.6 Å². The highest BCUT2D eigenvalue weighted by molar-refractivity contribution is 6.65. The quantitative estimate of drug-likeness (QED) is 0.0814. The highest BCUT2D eigenvalue weighted by Crippen LogP contribution is 2.15. The zero-order valence-corrected chi connectivity index (χ0v) is 25.7. The monoisotopic (exact) mass is 570 g/mol. The molecule has 1 N–H and O–H groups in total. The molecule has 2 amide bonds. The SMILES string of the molecule is C=C(C)C(=O)OCCCC(=O)CCCCCCCN(CCC[Si](C)(OC)OC)C(=O)NCCOC(=O)C(=C)C. The van der Waals surface area contributed by atoms with E-state index in [1.54, 1.807) is 33.0 Å². The molecule has 0 aromatic carbocycles. The molecule has 0 aliphatic carbocycles. The number of Topliss-reactive ketones (excluding diaryl/α,β-unsaturated/α-hetero) is 1. The van der Waals surface area contributed by atoms with Gasteiger partial charge in [0.15, 0.2) is 0 Å². The first-order valence-corrected chi connectivity index (χ1v) is 16.3. The number of nitrogens with one attached hydrogen (secondary N) is 1. The van der Waals surface area contributed by atoms with E-state index in [2.05, 4.69) is 18.5 Å². The lowest BCUT2D eigenvalue weighted by Crippen LogP contribution is -2.43. The number of esters is 2. The summed E-state index contributed by atoms with van der Waals surface area (Å²) in [6, 6.07) is 0.573. The van der Waals surface area contributed by atoms with Gasteiger partial charge in [-0.05, 0) is 52.1 Å². The summed E-state index contributed by atoms with van der Waals surface area (Å²) in [7, 11) is 1.10. The van der Waals surface area contributed by atoms with Crippen LogP contribution >= 0.6 is 0 Å². The normalized spacial score (nSPS) is 11.0. The van der Waals surface area contributed by atoms with Gasteiger partial charge in [0.2, 0.25) is 0 Å². The van der Waals surface area contributed by atoms with Gasteiger partial charge < -0.3 is 28.5 Å². The zero-order chi connectivity index (χ0) is 29.7. The molecular weight excluding hydrogens is 520 g/mol. The Bertz CT molecular complexity index is 798. The number of carbonyl (C=O) groups is 4. The molecule has 0 aromatic rings. The highest BCUT2D eigenvalue weighted by Gasteiger charge is 2.28. The first-order chi connectivity index (χ1) is 18.5. The molecule has 0 saturated heterocycles. The maximum atomic E-state index is 12.8. The van der Waals surface area contributed by atoms with E-state index in [1.807, 2.05) is 6.55 Å². The van der Waals surface area contributed by atoms with Gasteiger partial charge >= 0.3 is 26.5 Å². The van der Waals surface area contributed by atoms with E-state index in [0.29, 0.717) is 43.5 Å². The van der Waals surface area contributed by atoms with Gasteiger partial charge in [0.05, 0.1) is 13.2 Å². The predicted octanol–water partition coefficient (Wildman–Crippen LogP) is 4.68. The summed E-state index contributed by atoms with van der Waals surface area (Å²) < 4.78 is 21.1. The Balaban J connectivity index is 4.34. The van der Waals surface area contributed by atoms with E-state index in [0.717, 1.165) is 44.6 Å². The number of amides is 2. The van der Waals surface area contributed by atoms with Crippen molar-refractivity contribution >= 4 is 32.3 Å². The van der Waals surface area contributed by atoms with Crippen LogP contribution in [0.4, 0.5) is 4.79 Å². The average molecular weight is 571 g/mol. The predicted molar refractivity (Wildman–Crippen MR) is 154 cm³/mol. The van der Waals surface area contributed by atoms with Crippen LogP contribution in [0.5, 0.6) is 0 Å². The number of hydrogen-bond acceptors (Lipinski definition) is 8. The molecule has 0 aliphatic rings. The van der Waals surface area contributed by atoms with Crippen molar-refractivity contribution in [2.75, 3.05) is 47.1 Å². The molecule has 0 rings (SSSR count). The minimum Gasteiger partial charge on any atom is -0.462 e. The molecule has 0 spiro atoms. The van der Waals surface area contributed by atoms with Crippen molar-refractivity contribution in [1.82, 2.24) is 10.2 Å². The lowest BCUT2D eigenvalue weighted by molar-refractivity contribution is -0.140. The molecular formula is C28H50N2O8Si. The van der Waals surface area contributed by atoms with Crippen molar-refractivity contribution in [2.45, 2.75) is 84.2 Å². The molecule has 0 radical (unpaired) electrons. The minimum atomic E-state index is -2.21. The third-order valence-corrected chi connectivity index (χ3v) is 9.22. The second-order valence-corrected chi connectivity index (χ2v) is 13.4. The van der Waals surface area contributed by atoms with Gasteiger partial charge in [0.25, 0.3) is 0 Å². The van der Waals surface area contributed by atoms with E-state index < -0.39 is 20.5 Å². The van der Waals surface area contributed by atoms with E-state index in [4.69, 9.17) is 18.3 Å². The fraction of sp³-hybridized carbons (Fsp3) is 0.714. The lowest BCUT2D eigenvalue weighted by atomic mass is 10.1. The summed E-state index contributed by atoms with van der Waals surface area (Å²) in [4.78, 5) is 49.4. The Morgan fingerprint density at radius 2 is 1.26 bits per heavy atom. The molecule has 224 valence electrons. The summed E-state index contributed by atoms with van der Waals surface area (Å²) in [6.07, 6.45) is 6.79. The van der Waals surface area contributed by atoms with Gasteiger partial charge in [0.1, 0.15) is 12.4 Å². The maximum Gasteiger partial charge on any atom is 0.334 e. The summed E-state index contributed by atoms with van der Waals surface area (Å²) in [5, 5.41) is 2.82. The van der Waals surface area contributed by atoms with Crippen LogP contribution in [-0.2, 0) is 32.7 Å². The van der Waals surface area contributed by atoms with Crippen LogP contribution in [0.15, 0.2) is 24.3 Å². The molecule has 11 heteroatoms. The number of rotatable bonds is 23. The van der Waals surface area contributed by atoms with Gasteiger partial charge in [0, 0.05) is 51.3 Å². The van der Waals surface area contributed by atoms with Gasteiger partial charge in [-0.15, -0.1) is 0 Å². The molecule has 10 nitrogen and oxygen atoms in total. The fourth-order valence-corrected chi connectivity index (χ4v) is 4.94. The first-order valence-electron chi connectivity index (χ1n) is 13.8. The first kappa shape index (κ1) is 36.5. The fourth-order valence-electron chi connectivity index (χ4n) is 3.57. The topological polar surface area (TPSA) is 120 Å². The molecule has 0 fully saturated rings. The number of ether oxygens (including phenoxy) is 2. The van der Waals surface area contributed by atoms with E-state index >= 15 is 0 Å². The third kappa shape index (κ3) is 18.4. The molecule has 0 saturated carbocycles. The third-order valence-electron chi connectivity index (χ3n) is 6.23. The summed E-state index contributed by atoms with van der Waals surface area (Å²) in [5.41, 5.74) is 0.672. The Kier molecular flexibility index (Phi) is 20.0. The Morgan fingerprint density at radius 1 is 0.744 bits per heavy atom. The number of hydrogen-bond donors (Lipinski definition) is 1. The molecule has 39 heavy (non-hydrogen) atoms. The molecule has 0 aromatic heterocycles. The Hall–Kier alpha value is -2.50. The number of unbranched alkanes of at least 4 members (excludes halogenated alkanes) is 4. The van der Waals surface area contributed by atoms with Crippen molar-refractivity contribution in [1.29, 1.82) is 0 Å². The van der Waals surface area contributed by atoms with Crippen LogP contribution in [0.3, 0.4) is 0 Å². The number of carbonyl (C=O) groups excluding carboxylic acids is 4. The number of ketones is 1. The second kappa shape index (κ2) is 21.3. The largest absolute Gasteiger partial charge is 0.462 e. The summed E-state index contributed by atoms with van der Waals surface area (Å²) >= 11 is 0. The average Bonchev–Trinajstić information content (AvgIpc) is 2.90. The van der Waals surface area contributed by atoms with Gasteiger partial charge in [-0.1, -0.05) is 32.4 Å². The minimum absolute atomic E-state index is 0.0853. The smallest absolute Gasteiger partial charge is 0.334 e. The van der Waals surface area contributed by atoms with Crippen LogP contribution in [0.25, 0.3) is 0 Å². The van der Waals surface area contributed by atoms with Gasteiger partial charge in [-0.3, -0.25) is 4.79 Å². The van der Waals surface area contributed by atoms with Crippen molar-refractivity contribution in [3.63, 3.8) is 0 Å². The van der Waals surface area contributed by atoms with E-state index in [-0.39, 0.29) is 31.6 Å². The highest BCUT2D eigenvalue weighted by atomic mass is 28.4. The van der Waals surface area contributed by atoms with Gasteiger partial charge in [-0.2, -0.15) is 0 Å². The number of urea groups is 1. The van der Waals surface area contributed by atoms with Crippen molar-refractivity contribution in [2.24, 2.45) is 0 Å². The Labute approximate surface area is 235 Å². The van der Waals surface area contributed by atoms with E-state index in [1.165, 1.54) is 0 Å². The molecule has 0 bridgehead atoms. The summed E-state index contributed by atoms with van der Waals surface area (Å²) in [5.74, 6) is -0.719. The second-order valence-electron chi connectivity index (χ2n) is 9.86. The van der Waals surface area contributed by atoms with Crippen molar-refractivity contribution in [3.8, 4) is 0 Å². The summed E-state index contributed by atoms with van der Waals surface area (Å²) in [6.45, 7) is 13.9. The Morgan fingerprint density at radius 3 is 1.85 bits per heavy atom. The van der Waals surface area contributed by atoms with Crippen molar-refractivity contribution in [3.05, 3.63) is 24.3 Å². The molecule has 0 aliphatic heterocycles.